The summed E-state index contributed by atoms with van der Waals surface area (Å²) >= 11 is 0. The van der Waals surface area contributed by atoms with Gasteiger partial charge in [-0.15, -0.1) is 0 Å². The van der Waals surface area contributed by atoms with Gasteiger partial charge in [0.25, 0.3) is 5.91 Å². The van der Waals surface area contributed by atoms with Crippen LogP contribution in [-0.2, 0) is 4.79 Å². The number of carbonyl (C=O) groups excluding carboxylic acids is 2. The number of ether oxygens (including phenoxy) is 2. The maximum atomic E-state index is 12.7. The first-order valence-electron chi connectivity index (χ1n) is 10.2. The fourth-order valence-electron chi connectivity index (χ4n) is 2.80. The van der Waals surface area contributed by atoms with Gasteiger partial charge in [-0.3, -0.25) is 9.59 Å². The highest BCUT2D eigenvalue weighted by Crippen LogP contribution is 2.28. The van der Waals surface area contributed by atoms with Crippen molar-refractivity contribution in [2.24, 2.45) is 0 Å². The molecule has 1 aliphatic rings. The molecule has 33 heavy (non-hydrogen) atoms. The summed E-state index contributed by atoms with van der Waals surface area (Å²) in [5, 5.41) is 8.60. The van der Waals surface area contributed by atoms with Gasteiger partial charge < -0.3 is 25.4 Å². The van der Waals surface area contributed by atoms with E-state index in [0.717, 1.165) is 12.8 Å². The number of nitrogens with zero attached hydrogens (tertiary/aromatic N) is 3. The highest BCUT2D eigenvalue weighted by molar-refractivity contribution is 5.99. The fraction of sp³-hybridized carbons (Fsp3) is 0.174. The molecule has 0 bridgehead atoms. The predicted molar refractivity (Wildman–Crippen MR) is 122 cm³/mol. The van der Waals surface area contributed by atoms with Crippen LogP contribution in [0, 0.1) is 0 Å². The van der Waals surface area contributed by atoms with E-state index in [4.69, 9.17) is 9.47 Å². The van der Waals surface area contributed by atoms with E-state index in [1.165, 1.54) is 19.4 Å². The average Bonchev–Trinajstić information content (AvgIpc) is 3.64. The van der Waals surface area contributed by atoms with Crippen molar-refractivity contribution < 1.29 is 19.1 Å². The molecule has 1 fully saturated rings. The van der Waals surface area contributed by atoms with Crippen LogP contribution in [-0.4, -0.2) is 39.9 Å². The second-order valence-electron chi connectivity index (χ2n) is 7.20. The van der Waals surface area contributed by atoms with Gasteiger partial charge in [0.05, 0.1) is 19.0 Å². The van der Waals surface area contributed by atoms with Crippen LogP contribution in [0.2, 0.25) is 0 Å². The van der Waals surface area contributed by atoms with Gasteiger partial charge in [-0.25, -0.2) is 9.97 Å². The third kappa shape index (κ3) is 5.82. The number of anilines is 3. The summed E-state index contributed by atoms with van der Waals surface area (Å²) in [6.45, 7) is 3.44. The summed E-state index contributed by atoms with van der Waals surface area (Å²) in [6, 6.07) is 10.3. The molecule has 0 aliphatic heterocycles. The fourth-order valence-corrected chi connectivity index (χ4v) is 2.80. The van der Waals surface area contributed by atoms with E-state index in [9.17, 15) is 9.59 Å². The number of aromatic nitrogens is 3. The summed E-state index contributed by atoms with van der Waals surface area (Å²) in [4.78, 5) is 37.1. The second kappa shape index (κ2) is 9.77. The summed E-state index contributed by atoms with van der Waals surface area (Å²) in [7, 11) is 1.53. The van der Waals surface area contributed by atoms with Crippen LogP contribution >= 0.6 is 0 Å². The molecule has 2 heterocycles. The minimum Gasteiger partial charge on any atom is -0.481 e. The molecule has 168 valence electrons. The first kappa shape index (κ1) is 21.8. The van der Waals surface area contributed by atoms with Gasteiger partial charge >= 0.3 is 0 Å². The van der Waals surface area contributed by atoms with Crippen molar-refractivity contribution in [2.45, 2.75) is 18.9 Å². The lowest BCUT2D eigenvalue weighted by Crippen LogP contribution is -2.26. The largest absolute Gasteiger partial charge is 0.481 e. The van der Waals surface area contributed by atoms with Crippen LogP contribution in [0.25, 0.3) is 0 Å². The van der Waals surface area contributed by atoms with E-state index in [-0.39, 0.29) is 35.2 Å². The Morgan fingerprint density at radius 3 is 2.67 bits per heavy atom. The predicted octanol–water partition coefficient (Wildman–Crippen LogP) is 3.43. The van der Waals surface area contributed by atoms with Crippen molar-refractivity contribution in [2.75, 3.05) is 17.7 Å². The Morgan fingerprint density at radius 1 is 1.12 bits per heavy atom. The topological polar surface area (TPSA) is 127 Å². The third-order valence-corrected chi connectivity index (χ3v) is 4.61. The minimum absolute atomic E-state index is 0.0688. The molecular weight excluding hydrogens is 424 g/mol. The first-order valence-corrected chi connectivity index (χ1v) is 10.2. The van der Waals surface area contributed by atoms with Crippen molar-refractivity contribution in [3.05, 3.63) is 67.0 Å². The van der Waals surface area contributed by atoms with Gasteiger partial charge in [0.15, 0.2) is 0 Å². The van der Waals surface area contributed by atoms with Crippen LogP contribution in [0.1, 0.15) is 23.2 Å². The zero-order valence-electron chi connectivity index (χ0n) is 17.9. The van der Waals surface area contributed by atoms with Gasteiger partial charge in [-0.2, -0.15) is 4.98 Å². The molecule has 0 radical (unpaired) electrons. The molecule has 1 saturated carbocycles. The number of rotatable bonds is 9. The lowest BCUT2D eigenvalue weighted by atomic mass is 10.2. The quantitative estimate of drug-likeness (QED) is 0.427. The van der Waals surface area contributed by atoms with E-state index >= 15 is 0 Å². The van der Waals surface area contributed by atoms with Crippen molar-refractivity contribution in [1.29, 1.82) is 0 Å². The number of benzene rings is 1. The number of amides is 2. The van der Waals surface area contributed by atoms with Crippen LogP contribution in [0.4, 0.5) is 17.3 Å². The molecule has 0 unspecified atom stereocenters. The van der Waals surface area contributed by atoms with Crippen molar-refractivity contribution >= 4 is 29.1 Å². The van der Waals surface area contributed by atoms with Gasteiger partial charge in [-0.05, 0) is 37.1 Å². The monoisotopic (exact) mass is 446 g/mol. The SMILES string of the molecule is C=CC(=O)Nc1cccc(Oc2nc(Nc3ccc(OC)nc3)ncc2C(=O)NC2CC2)c1. The highest BCUT2D eigenvalue weighted by atomic mass is 16.5. The van der Waals surface area contributed by atoms with Crippen LogP contribution < -0.4 is 25.4 Å². The Kier molecular flexibility index (Phi) is 6.44. The van der Waals surface area contributed by atoms with Gasteiger partial charge in [0.2, 0.25) is 23.6 Å². The van der Waals surface area contributed by atoms with E-state index in [0.29, 0.717) is 23.0 Å². The maximum Gasteiger partial charge on any atom is 0.258 e. The molecule has 2 amide bonds. The molecule has 1 aromatic carbocycles. The molecule has 1 aliphatic carbocycles. The zero-order chi connectivity index (χ0) is 23.2. The molecule has 10 heteroatoms. The molecule has 3 N–H and O–H groups in total. The van der Waals surface area contributed by atoms with Crippen molar-refractivity contribution in [1.82, 2.24) is 20.3 Å². The van der Waals surface area contributed by atoms with Crippen molar-refractivity contribution in [3.63, 3.8) is 0 Å². The Morgan fingerprint density at radius 2 is 1.97 bits per heavy atom. The molecular formula is C23H22N6O4. The highest BCUT2D eigenvalue weighted by Gasteiger charge is 2.26. The van der Waals surface area contributed by atoms with E-state index < -0.39 is 0 Å². The lowest BCUT2D eigenvalue weighted by Gasteiger charge is -2.13. The summed E-state index contributed by atoms with van der Waals surface area (Å²) in [5.41, 5.74) is 1.34. The van der Waals surface area contributed by atoms with E-state index in [1.807, 2.05) is 0 Å². The number of nitrogens with one attached hydrogen (secondary N) is 3. The number of pyridine rings is 1. The van der Waals surface area contributed by atoms with Gasteiger partial charge in [0.1, 0.15) is 11.3 Å². The molecule has 0 saturated heterocycles. The van der Waals surface area contributed by atoms with Gasteiger partial charge in [-0.1, -0.05) is 12.6 Å². The smallest absolute Gasteiger partial charge is 0.258 e. The Hall–Kier alpha value is -4.47. The number of carbonyl (C=O) groups is 2. The number of methoxy groups -OCH3 is 1. The standard InChI is InChI=1S/C23H22N6O4/c1-3-19(30)26-15-5-4-6-17(11-15)33-22-18(21(31)27-14-7-8-14)13-25-23(29-22)28-16-9-10-20(32-2)24-12-16/h3-6,9-14H,1,7-8H2,2H3,(H,26,30)(H,27,31)(H,25,28,29). The van der Waals surface area contributed by atoms with E-state index in [2.05, 4.69) is 37.5 Å². The molecule has 0 atom stereocenters. The second-order valence-corrected chi connectivity index (χ2v) is 7.20. The van der Waals surface area contributed by atoms with E-state index in [1.54, 1.807) is 42.6 Å². The minimum atomic E-state index is -0.349. The Bertz CT molecular complexity index is 1180. The molecule has 4 rings (SSSR count). The first-order chi connectivity index (χ1) is 16.0. The molecule has 0 spiro atoms. The Labute approximate surface area is 190 Å². The Balaban J connectivity index is 1.60. The average molecular weight is 446 g/mol. The van der Waals surface area contributed by atoms with Crippen LogP contribution in [0.3, 0.4) is 0 Å². The molecule has 10 nitrogen and oxygen atoms in total. The molecule has 2 aromatic heterocycles. The third-order valence-electron chi connectivity index (χ3n) is 4.61. The maximum absolute atomic E-state index is 12.7. The lowest BCUT2D eigenvalue weighted by molar-refractivity contribution is -0.111. The molecule has 3 aromatic rings. The van der Waals surface area contributed by atoms with Crippen molar-refractivity contribution in [3.8, 4) is 17.5 Å². The van der Waals surface area contributed by atoms with Gasteiger partial charge in [0, 0.05) is 30.1 Å². The van der Waals surface area contributed by atoms with Crippen LogP contribution in [0.5, 0.6) is 17.5 Å². The normalized spacial score (nSPS) is 12.4. The summed E-state index contributed by atoms with van der Waals surface area (Å²) in [6.07, 6.45) is 6.03. The number of hydrogen-bond donors (Lipinski definition) is 3. The van der Waals surface area contributed by atoms with Crippen LogP contribution in [0.15, 0.2) is 61.4 Å². The number of hydrogen-bond acceptors (Lipinski definition) is 8. The summed E-state index contributed by atoms with van der Waals surface area (Å²) < 4.78 is 11.0. The summed E-state index contributed by atoms with van der Waals surface area (Å²) in [5.74, 6) is 0.476. The zero-order valence-corrected chi connectivity index (χ0v) is 17.9.